The number of carbonyl (C=O) groups is 1. The maximum Gasteiger partial charge on any atom is 0.224 e. The summed E-state index contributed by atoms with van der Waals surface area (Å²) >= 11 is 12.0. The highest BCUT2D eigenvalue weighted by Gasteiger charge is 2.32. The Morgan fingerprint density at radius 1 is 1.20 bits per heavy atom. The molecule has 2 aromatic rings. The van der Waals surface area contributed by atoms with Gasteiger partial charge in [0.1, 0.15) is 0 Å². The zero-order chi connectivity index (χ0) is 21.7. The van der Waals surface area contributed by atoms with Crippen LogP contribution in [0.5, 0.6) is 0 Å². The zero-order valence-corrected chi connectivity index (χ0v) is 19.2. The molecule has 0 bridgehead atoms. The normalized spacial score (nSPS) is 18.7. The lowest BCUT2D eigenvalue weighted by Gasteiger charge is -2.31. The lowest BCUT2D eigenvalue weighted by Crippen LogP contribution is -2.46. The van der Waals surface area contributed by atoms with E-state index in [2.05, 4.69) is 12.2 Å². The van der Waals surface area contributed by atoms with Gasteiger partial charge in [0.2, 0.25) is 15.9 Å². The number of nitrogens with one attached hydrogen (secondary N) is 1. The van der Waals surface area contributed by atoms with Gasteiger partial charge in [-0.05, 0) is 42.0 Å². The number of rotatable bonds is 7. The Bertz CT molecular complexity index is 983. The highest BCUT2D eigenvalue weighted by Crippen LogP contribution is 2.26. The van der Waals surface area contributed by atoms with Gasteiger partial charge in [-0.3, -0.25) is 4.79 Å². The van der Waals surface area contributed by atoms with Crippen molar-refractivity contribution in [3.05, 3.63) is 69.7 Å². The van der Waals surface area contributed by atoms with Crippen LogP contribution in [-0.2, 0) is 20.6 Å². The van der Waals surface area contributed by atoms with Crippen molar-refractivity contribution in [3.63, 3.8) is 0 Å². The van der Waals surface area contributed by atoms with Crippen molar-refractivity contribution in [3.8, 4) is 0 Å². The molecule has 3 rings (SSSR count). The smallest absolute Gasteiger partial charge is 0.224 e. The molecule has 0 saturated carbocycles. The number of benzene rings is 2. The Balaban J connectivity index is 1.59. The first kappa shape index (κ1) is 23.1. The standard InChI is InChI=1S/C22H26Cl2N2O3S/c1-16(17-6-3-2-4-7-17)13-25-22(27)18-8-5-11-26(14-18)30(28,29)15-19-9-10-20(23)12-21(19)24/h2-4,6-7,9-10,12,16,18H,5,8,11,13-15H2,1H3,(H,25,27)/t16-,18-/m1/s1. The molecule has 0 unspecified atom stereocenters. The van der Waals surface area contributed by atoms with Crippen LogP contribution >= 0.6 is 23.2 Å². The first-order valence-electron chi connectivity index (χ1n) is 10.0. The predicted molar refractivity (Wildman–Crippen MR) is 121 cm³/mol. The van der Waals surface area contributed by atoms with Gasteiger partial charge in [-0.1, -0.05) is 66.5 Å². The predicted octanol–water partition coefficient (Wildman–Crippen LogP) is 4.46. The molecule has 5 nitrogen and oxygen atoms in total. The minimum absolute atomic E-state index is 0.0952. The lowest BCUT2D eigenvalue weighted by molar-refractivity contribution is -0.126. The Labute approximate surface area is 188 Å². The molecule has 30 heavy (non-hydrogen) atoms. The fraction of sp³-hybridized carbons (Fsp3) is 0.409. The minimum atomic E-state index is -3.59. The van der Waals surface area contributed by atoms with Gasteiger partial charge in [0.05, 0.1) is 11.7 Å². The van der Waals surface area contributed by atoms with E-state index < -0.39 is 10.0 Å². The van der Waals surface area contributed by atoms with Crippen molar-refractivity contribution in [2.24, 2.45) is 5.92 Å². The molecular weight excluding hydrogens is 443 g/mol. The second kappa shape index (κ2) is 10.1. The number of piperidine rings is 1. The van der Waals surface area contributed by atoms with Gasteiger partial charge >= 0.3 is 0 Å². The average molecular weight is 469 g/mol. The fourth-order valence-electron chi connectivity index (χ4n) is 3.63. The summed E-state index contributed by atoms with van der Waals surface area (Å²) < 4.78 is 27.2. The molecule has 2 aromatic carbocycles. The van der Waals surface area contributed by atoms with Crippen LogP contribution in [0.4, 0.5) is 0 Å². The van der Waals surface area contributed by atoms with Crippen LogP contribution in [0.1, 0.15) is 36.8 Å². The number of nitrogens with zero attached hydrogens (tertiary/aromatic N) is 1. The number of carbonyl (C=O) groups excluding carboxylic acids is 1. The van der Waals surface area contributed by atoms with Gasteiger partial charge in [0.15, 0.2) is 0 Å². The topological polar surface area (TPSA) is 66.5 Å². The Hall–Kier alpha value is -1.60. The largest absolute Gasteiger partial charge is 0.355 e. The van der Waals surface area contributed by atoms with Crippen molar-refractivity contribution < 1.29 is 13.2 Å². The van der Waals surface area contributed by atoms with Crippen molar-refractivity contribution in [1.82, 2.24) is 9.62 Å². The molecule has 0 radical (unpaired) electrons. The van der Waals surface area contributed by atoms with E-state index in [0.717, 1.165) is 5.56 Å². The SMILES string of the molecule is C[C@H](CNC(=O)[C@@H]1CCCN(S(=O)(=O)Cc2ccc(Cl)cc2Cl)C1)c1ccccc1. The van der Waals surface area contributed by atoms with Crippen molar-refractivity contribution in [2.45, 2.75) is 31.4 Å². The summed E-state index contributed by atoms with van der Waals surface area (Å²) in [7, 11) is -3.59. The molecule has 0 aliphatic carbocycles. The summed E-state index contributed by atoms with van der Waals surface area (Å²) in [6, 6.07) is 14.8. The number of halogens is 2. The fourth-order valence-corrected chi connectivity index (χ4v) is 5.83. The molecule has 0 spiro atoms. The molecule has 162 valence electrons. The van der Waals surface area contributed by atoms with Crippen molar-refractivity contribution >= 4 is 39.1 Å². The van der Waals surface area contributed by atoms with Crippen LogP contribution in [0.3, 0.4) is 0 Å². The van der Waals surface area contributed by atoms with Crippen LogP contribution in [-0.4, -0.2) is 38.3 Å². The molecule has 8 heteroatoms. The molecular formula is C22H26Cl2N2O3S. The maximum atomic E-state index is 12.9. The molecule has 1 saturated heterocycles. The lowest BCUT2D eigenvalue weighted by atomic mass is 9.97. The van der Waals surface area contributed by atoms with Gasteiger partial charge in [-0.25, -0.2) is 12.7 Å². The Morgan fingerprint density at radius 2 is 1.93 bits per heavy atom. The molecule has 1 aliphatic rings. The van der Waals surface area contributed by atoms with Gasteiger partial charge in [-0.2, -0.15) is 0 Å². The van der Waals surface area contributed by atoms with Gasteiger partial charge in [0, 0.05) is 29.7 Å². The van der Waals surface area contributed by atoms with E-state index in [9.17, 15) is 13.2 Å². The third-order valence-electron chi connectivity index (χ3n) is 5.45. The summed E-state index contributed by atoms with van der Waals surface area (Å²) in [6.07, 6.45) is 1.33. The van der Waals surface area contributed by atoms with Crippen molar-refractivity contribution in [1.29, 1.82) is 0 Å². The molecule has 1 N–H and O–H groups in total. The molecule has 1 heterocycles. The number of amides is 1. The van der Waals surface area contributed by atoms with E-state index in [1.807, 2.05) is 30.3 Å². The summed E-state index contributed by atoms with van der Waals surface area (Å²) in [6.45, 7) is 3.19. The van der Waals surface area contributed by atoms with Crippen molar-refractivity contribution in [2.75, 3.05) is 19.6 Å². The molecule has 1 aliphatic heterocycles. The highest BCUT2D eigenvalue weighted by molar-refractivity contribution is 7.88. The van der Waals surface area contributed by atoms with E-state index in [0.29, 0.717) is 41.5 Å². The molecule has 1 amide bonds. The van der Waals surface area contributed by atoms with E-state index in [1.54, 1.807) is 12.1 Å². The molecule has 0 aromatic heterocycles. The number of hydrogen-bond acceptors (Lipinski definition) is 3. The summed E-state index contributed by atoms with van der Waals surface area (Å²) in [4.78, 5) is 12.7. The zero-order valence-electron chi connectivity index (χ0n) is 16.9. The van der Waals surface area contributed by atoms with Crippen LogP contribution in [0.2, 0.25) is 10.0 Å². The van der Waals surface area contributed by atoms with Crippen LogP contribution in [0.15, 0.2) is 48.5 Å². The van der Waals surface area contributed by atoms with E-state index >= 15 is 0 Å². The minimum Gasteiger partial charge on any atom is -0.355 e. The second-order valence-corrected chi connectivity index (χ2v) is 10.6. The summed E-state index contributed by atoms with van der Waals surface area (Å²) in [5.74, 6) is -0.465. The first-order chi connectivity index (χ1) is 14.3. The third kappa shape index (κ3) is 5.97. The Kier molecular flexibility index (Phi) is 7.80. The van der Waals surface area contributed by atoms with Gasteiger partial charge < -0.3 is 5.32 Å². The summed E-state index contributed by atoms with van der Waals surface area (Å²) in [5, 5.41) is 3.78. The van der Waals surface area contributed by atoms with Crippen LogP contribution in [0.25, 0.3) is 0 Å². The second-order valence-electron chi connectivity index (χ2n) is 7.75. The summed E-state index contributed by atoms with van der Waals surface area (Å²) in [5.41, 5.74) is 1.66. The average Bonchev–Trinajstić information content (AvgIpc) is 2.74. The number of sulfonamides is 1. The van der Waals surface area contributed by atoms with E-state index in [-0.39, 0.29) is 30.0 Å². The first-order valence-corrected chi connectivity index (χ1v) is 12.4. The van der Waals surface area contributed by atoms with Gasteiger partial charge in [0.25, 0.3) is 0 Å². The van der Waals surface area contributed by atoms with Crippen LogP contribution < -0.4 is 5.32 Å². The van der Waals surface area contributed by atoms with E-state index in [4.69, 9.17) is 23.2 Å². The van der Waals surface area contributed by atoms with Gasteiger partial charge in [-0.15, -0.1) is 0 Å². The number of hydrogen-bond donors (Lipinski definition) is 1. The molecule has 1 fully saturated rings. The highest BCUT2D eigenvalue weighted by atomic mass is 35.5. The third-order valence-corrected chi connectivity index (χ3v) is 7.83. The van der Waals surface area contributed by atoms with E-state index in [1.165, 1.54) is 10.4 Å². The molecule has 2 atom stereocenters. The maximum absolute atomic E-state index is 12.9. The monoisotopic (exact) mass is 468 g/mol. The quantitative estimate of drug-likeness (QED) is 0.652. The Morgan fingerprint density at radius 3 is 2.63 bits per heavy atom. The van der Waals surface area contributed by atoms with Crippen LogP contribution in [0, 0.1) is 5.92 Å².